The van der Waals surface area contributed by atoms with Crippen LogP contribution in [-0.2, 0) is 80.8 Å². The number of nitrogens with zero attached hydrogens (tertiary/aromatic N) is 7. The first-order valence-corrected chi connectivity index (χ1v) is 41.7. The Labute approximate surface area is 605 Å². The number of anilines is 6. The fraction of sp³-hybridized carbons (Fsp3) is 0.0156. The Morgan fingerprint density at radius 2 is 0.868 bits per heavy atom. The summed E-state index contributed by atoms with van der Waals surface area (Å²) >= 11 is 0.729. The Morgan fingerprint density at radius 3 is 1.38 bits per heavy atom. The van der Waals surface area contributed by atoms with E-state index in [2.05, 4.69) is 46.9 Å². The van der Waals surface area contributed by atoms with Crippen molar-refractivity contribution >= 4 is 191 Å². The lowest BCUT2D eigenvalue weighted by Gasteiger charge is -2.16. The van der Waals surface area contributed by atoms with Crippen LogP contribution in [0, 0.1) is 29.6 Å². The predicted molar refractivity (Wildman–Crippen MR) is 386 cm³/mol. The molecule has 0 aliphatic rings. The van der Waals surface area contributed by atoms with E-state index in [-0.39, 0.29) is 72.0 Å². The number of nitriles is 2. The minimum Gasteiger partial charge on any atom is -0.339 e. The molecular weight excluding hydrogens is 1560 g/mol. The van der Waals surface area contributed by atoms with Crippen LogP contribution in [0.1, 0.15) is 16.7 Å². The van der Waals surface area contributed by atoms with Crippen molar-refractivity contribution in [2.75, 3.05) is 20.1 Å². The molecule has 42 heteroatoms. The molecule has 0 atom stereocenters. The van der Waals surface area contributed by atoms with E-state index in [1.165, 1.54) is 37.3 Å². The van der Waals surface area contributed by atoms with Crippen molar-refractivity contribution < 1.29 is 94.7 Å². The molecule has 0 fully saturated rings. The van der Waals surface area contributed by atoms with Gasteiger partial charge in [0, 0.05) is 49.4 Å². The van der Waals surface area contributed by atoms with Gasteiger partial charge >= 0.3 is 0 Å². The average molecular weight is 1610 g/mol. The first kappa shape index (κ1) is 74.5. The van der Waals surface area contributed by atoms with Crippen molar-refractivity contribution in [1.82, 2.24) is 4.98 Å². The van der Waals surface area contributed by atoms with Gasteiger partial charge in [0.05, 0.1) is 42.2 Å². The predicted octanol–water partition coefficient (Wildman–Crippen LogP) is 12.9. The van der Waals surface area contributed by atoms with Crippen molar-refractivity contribution in [3.8, 4) is 23.3 Å². The number of aromatic nitrogens is 1. The van der Waals surface area contributed by atoms with Crippen LogP contribution >= 0.6 is 11.3 Å². The maximum Gasteiger partial charge on any atom is 0.295 e. The summed E-state index contributed by atoms with van der Waals surface area (Å²) in [6.07, 6.45) is 0. The fourth-order valence-electron chi connectivity index (χ4n) is 11.1. The zero-order valence-electron chi connectivity index (χ0n) is 52.8. The highest BCUT2D eigenvalue weighted by Gasteiger charge is 2.30. The van der Waals surface area contributed by atoms with Gasteiger partial charge in [-0.15, -0.1) is 20.5 Å². The molecule has 10 N–H and O–H groups in total. The summed E-state index contributed by atoms with van der Waals surface area (Å²) in [6.45, 7) is 1.45. The van der Waals surface area contributed by atoms with Crippen molar-refractivity contribution in [2.45, 2.75) is 46.1 Å². The molecule has 0 spiro atoms. The molecule has 0 saturated carbocycles. The van der Waals surface area contributed by atoms with Crippen LogP contribution in [0.3, 0.4) is 0 Å². The number of sulfonamides is 2. The van der Waals surface area contributed by atoms with Crippen LogP contribution < -0.4 is 20.1 Å². The Balaban J connectivity index is 1.02. The Hall–Kier alpha value is -11.2. The highest BCUT2D eigenvalue weighted by Crippen LogP contribution is 2.50. The molecule has 0 saturated heterocycles. The molecule has 12 rings (SSSR count). The second-order valence-electron chi connectivity index (χ2n) is 22.6. The number of thiophene rings is 1. The number of hydrogen-bond donors (Lipinski definition) is 10. The van der Waals surface area contributed by atoms with Crippen molar-refractivity contribution in [2.24, 2.45) is 20.5 Å². The first-order valence-electron chi connectivity index (χ1n) is 29.3. The molecule has 0 amide bonds. The second kappa shape index (κ2) is 27.4. The SMILES string of the molecule is Cc1c(C#N)c(Nc2ccc(S(=O)(=O)O)cc2)nc(Nc2ccc(S(=O)(=O)O)cc2)c1/N=N/c1sc(/N=N/c2ccc3cc(S(=O)(=O)Nc4cc(S(=O)(=O)O)c5cccc(S(=O)(=O)O)c5c4)cc(S(=O)(=O)Nc4cc(S(=O)(=O)O)c5cccc(S(=O)(=O)O)c5c4)c3c2)c(-c2ccc3ccccc3c2)c1C#N. The zero-order valence-corrected chi connectivity index (χ0v) is 60.2. The molecule has 0 aliphatic carbocycles. The van der Waals surface area contributed by atoms with Crippen LogP contribution in [0.4, 0.5) is 55.8 Å². The van der Waals surface area contributed by atoms with Crippen molar-refractivity contribution in [1.29, 1.82) is 10.5 Å². The summed E-state index contributed by atoms with van der Waals surface area (Å²) in [4.78, 5) is -2.35. The van der Waals surface area contributed by atoms with Crippen LogP contribution in [0.25, 0.3) is 54.2 Å². The van der Waals surface area contributed by atoms with Gasteiger partial charge in [-0.3, -0.25) is 36.8 Å². The molecule has 2 heterocycles. The second-order valence-corrected chi connectivity index (χ2v) is 35.4. The van der Waals surface area contributed by atoms with E-state index in [1.807, 2.05) is 16.9 Å². The van der Waals surface area contributed by atoms with Gasteiger partial charge in [-0.2, -0.15) is 61.0 Å². The Kier molecular flexibility index (Phi) is 19.3. The van der Waals surface area contributed by atoms with E-state index in [9.17, 15) is 96.8 Å². The number of pyridine rings is 1. The fourth-order valence-corrected chi connectivity index (χ4v) is 18.3. The van der Waals surface area contributed by atoms with E-state index >= 15 is 8.42 Å². The lowest BCUT2D eigenvalue weighted by molar-refractivity contribution is 0.481. The normalized spacial score (nSPS) is 12.8. The molecule has 540 valence electrons. The molecular formula is C64H43N11O22S9. The molecule has 0 aliphatic heterocycles. The first-order chi connectivity index (χ1) is 49.6. The highest BCUT2D eigenvalue weighted by molar-refractivity contribution is 7.94. The maximum absolute atomic E-state index is 15.2. The molecule has 33 nitrogen and oxygen atoms in total. The topological polar surface area (TPSA) is 553 Å². The summed E-state index contributed by atoms with van der Waals surface area (Å²) in [7, 11) is -41.2. The van der Waals surface area contributed by atoms with Gasteiger partial charge < -0.3 is 10.6 Å². The number of benzene rings is 10. The van der Waals surface area contributed by atoms with Crippen LogP contribution in [0.15, 0.2) is 242 Å². The molecule has 0 bridgehead atoms. The Morgan fingerprint density at radius 1 is 0.377 bits per heavy atom. The monoisotopic (exact) mass is 1610 g/mol. The third-order valence-electron chi connectivity index (χ3n) is 15.8. The number of nitrogens with one attached hydrogen (secondary N) is 4. The van der Waals surface area contributed by atoms with Crippen molar-refractivity contribution in [3.05, 3.63) is 199 Å². The number of hydrogen-bond acceptors (Lipinski definition) is 26. The minimum absolute atomic E-state index is 0.0722. The van der Waals surface area contributed by atoms with Gasteiger partial charge in [-0.25, -0.2) is 21.8 Å². The Bertz CT molecular complexity index is 6960. The number of azo groups is 2. The van der Waals surface area contributed by atoms with Gasteiger partial charge in [-0.05, 0) is 144 Å². The average Bonchev–Trinajstić information content (AvgIpc) is 0.879. The van der Waals surface area contributed by atoms with E-state index in [1.54, 1.807) is 36.4 Å². The van der Waals surface area contributed by atoms with E-state index in [0.717, 1.165) is 108 Å². The van der Waals surface area contributed by atoms with E-state index < -0.39 is 158 Å². The van der Waals surface area contributed by atoms with Crippen molar-refractivity contribution in [3.63, 3.8) is 0 Å². The minimum atomic E-state index is -5.44. The lowest BCUT2D eigenvalue weighted by atomic mass is 10.00. The molecule has 10 aromatic carbocycles. The smallest absolute Gasteiger partial charge is 0.295 e. The third kappa shape index (κ3) is 15.3. The standard InChI is InChI=1S/C64H43N11O22S9/c1-34-52(32-65)61(67-39-16-20-44(21-17-39)101(80,81)82)69-62(68-40-18-22-45(23-19-40)102(83,84)85)60(34)71-72-63-53(33-66)59(38-13-12-35-6-2-3-7-36(35)24-38)64(98-63)73-70-41-15-14-37-25-46(99(76,77)74-42-27-50-47(57(29-42)105(92,93)94)8-4-10-54(50)103(86,87)88)31-56(49(37)26-41)100(78,79)75-43-28-51-48(58(30-43)106(95,96)97)9-5-11-55(51)104(89,90)91/h2-31,74-75H,1H3,(H2,67,68,69)(H,80,81,82)(H,83,84,85)(H,86,87,88)(H,89,90,91)(H,92,93,94)(H,95,96,97)/b72-71+,73-70+. The summed E-state index contributed by atoms with van der Waals surface area (Å²) < 4.78 is 273. The summed E-state index contributed by atoms with van der Waals surface area (Å²) in [5.74, 6) is -0.311. The molecule has 2 aromatic heterocycles. The number of fused-ring (bicyclic) bond motifs is 4. The summed E-state index contributed by atoms with van der Waals surface area (Å²) in [5, 5.41) is 43.8. The van der Waals surface area contributed by atoms with E-state index in [4.69, 9.17) is 0 Å². The van der Waals surface area contributed by atoms with Crippen LogP contribution in [0.2, 0.25) is 0 Å². The summed E-state index contributed by atoms with van der Waals surface area (Å²) in [5.41, 5.74) is -1.45. The summed E-state index contributed by atoms with van der Waals surface area (Å²) in [6, 6.07) is 39.0. The van der Waals surface area contributed by atoms with Gasteiger partial charge in [0.25, 0.3) is 80.8 Å². The van der Waals surface area contributed by atoms with E-state index in [0.29, 0.717) is 29.1 Å². The molecule has 0 unspecified atom stereocenters. The quantitative estimate of drug-likeness (QED) is 0.0236. The lowest BCUT2D eigenvalue weighted by Crippen LogP contribution is -2.17. The van der Waals surface area contributed by atoms with Crippen LogP contribution in [-0.4, -0.2) is 99.6 Å². The number of rotatable bonds is 21. The molecule has 12 aromatic rings. The van der Waals surface area contributed by atoms with Crippen LogP contribution in [0.5, 0.6) is 0 Å². The van der Waals surface area contributed by atoms with Gasteiger partial charge in [0.2, 0.25) is 0 Å². The maximum atomic E-state index is 15.2. The van der Waals surface area contributed by atoms with Gasteiger partial charge in [0.15, 0.2) is 16.6 Å². The van der Waals surface area contributed by atoms with Gasteiger partial charge in [-0.1, -0.05) is 78.1 Å². The van der Waals surface area contributed by atoms with Gasteiger partial charge in [0.1, 0.15) is 48.0 Å². The largest absolute Gasteiger partial charge is 0.339 e. The zero-order chi connectivity index (χ0) is 76.6. The molecule has 0 radical (unpaired) electrons. The highest BCUT2D eigenvalue weighted by atomic mass is 32.2. The third-order valence-corrected chi connectivity index (χ3v) is 24.9. The molecule has 106 heavy (non-hydrogen) atoms.